The van der Waals surface area contributed by atoms with Crippen LogP contribution in [-0.4, -0.2) is 25.2 Å². The average Bonchev–Trinajstić information content (AvgIpc) is 3.06. The molecule has 0 saturated carbocycles. The van der Waals surface area contributed by atoms with E-state index < -0.39 is 0 Å². The molecule has 2 aromatic carbocycles. The Hall–Kier alpha value is -3.02. The Balaban J connectivity index is 1.67. The number of carbonyl (C=O) groups is 2. The number of rotatable bonds is 5. The normalized spacial score (nSPS) is 12.0. The summed E-state index contributed by atoms with van der Waals surface area (Å²) in [6.07, 6.45) is 0.196. The maximum absolute atomic E-state index is 12.4. The van der Waals surface area contributed by atoms with E-state index in [0.29, 0.717) is 17.2 Å². The summed E-state index contributed by atoms with van der Waals surface area (Å²) >= 11 is 0. The number of anilines is 2. The molecule has 6 nitrogen and oxygen atoms in total. The SMILES string of the molecule is CC(=O)N(CCC(=O)Nc1c(C)cccc1C)c1ccc2c(c1)OCO2. The highest BCUT2D eigenvalue weighted by molar-refractivity contribution is 5.95. The van der Waals surface area contributed by atoms with Gasteiger partial charge in [0.1, 0.15) is 0 Å². The van der Waals surface area contributed by atoms with Crippen LogP contribution < -0.4 is 19.7 Å². The van der Waals surface area contributed by atoms with Crippen LogP contribution in [0.5, 0.6) is 11.5 Å². The Bertz CT molecular complexity index is 827. The molecular formula is C20H22N2O4. The van der Waals surface area contributed by atoms with E-state index in [2.05, 4.69) is 5.32 Å². The Kier molecular flexibility index (Phi) is 5.11. The number of nitrogens with zero attached hydrogens (tertiary/aromatic N) is 1. The Labute approximate surface area is 152 Å². The smallest absolute Gasteiger partial charge is 0.231 e. The third-order valence-electron chi connectivity index (χ3n) is 4.36. The maximum Gasteiger partial charge on any atom is 0.231 e. The number of carbonyl (C=O) groups excluding carboxylic acids is 2. The van der Waals surface area contributed by atoms with Crippen molar-refractivity contribution in [2.75, 3.05) is 23.6 Å². The van der Waals surface area contributed by atoms with Crippen molar-refractivity contribution >= 4 is 23.2 Å². The van der Waals surface area contributed by atoms with E-state index in [1.54, 1.807) is 23.1 Å². The summed E-state index contributed by atoms with van der Waals surface area (Å²) in [6, 6.07) is 11.2. The van der Waals surface area contributed by atoms with Crippen LogP contribution in [0.4, 0.5) is 11.4 Å². The summed E-state index contributed by atoms with van der Waals surface area (Å²) in [5.41, 5.74) is 3.53. The lowest BCUT2D eigenvalue weighted by Gasteiger charge is -2.21. The highest BCUT2D eigenvalue weighted by Crippen LogP contribution is 2.35. The van der Waals surface area contributed by atoms with E-state index in [1.165, 1.54) is 6.92 Å². The average molecular weight is 354 g/mol. The largest absolute Gasteiger partial charge is 0.454 e. The third kappa shape index (κ3) is 3.79. The van der Waals surface area contributed by atoms with Gasteiger partial charge in [0.25, 0.3) is 0 Å². The quantitative estimate of drug-likeness (QED) is 0.893. The minimum absolute atomic E-state index is 0.130. The second-order valence-corrected chi connectivity index (χ2v) is 6.27. The van der Waals surface area contributed by atoms with Gasteiger partial charge in [-0.05, 0) is 37.1 Å². The number of ether oxygens (including phenoxy) is 2. The zero-order valence-electron chi connectivity index (χ0n) is 15.2. The van der Waals surface area contributed by atoms with Crippen molar-refractivity contribution in [2.24, 2.45) is 0 Å². The topological polar surface area (TPSA) is 67.9 Å². The molecule has 0 aliphatic carbocycles. The minimum atomic E-state index is -0.135. The number of fused-ring (bicyclic) bond motifs is 1. The van der Waals surface area contributed by atoms with Crippen molar-refractivity contribution in [1.82, 2.24) is 0 Å². The van der Waals surface area contributed by atoms with Crippen molar-refractivity contribution < 1.29 is 19.1 Å². The van der Waals surface area contributed by atoms with Gasteiger partial charge < -0.3 is 19.7 Å². The molecule has 0 atom stereocenters. The molecule has 0 bridgehead atoms. The van der Waals surface area contributed by atoms with E-state index in [-0.39, 0.29) is 31.6 Å². The van der Waals surface area contributed by atoms with Gasteiger partial charge in [0, 0.05) is 37.3 Å². The minimum Gasteiger partial charge on any atom is -0.454 e. The van der Waals surface area contributed by atoms with Crippen molar-refractivity contribution in [2.45, 2.75) is 27.2 Å². The highest BCUT2D eigenvalue weighted by atomic mass is 16.7. The number of benzene rings is 2. The van der Waals surface area contributed by atoms with Crippen molar-refractivity contribution in [3.8, 4) is 11.5 Å². The molecule has 0 aromatic heterocycles. The second-order valence-electron chi connectivity index (χ2n) is 6.27. The van der Waals surface area contributed by atoms with Gasteiger partial charge in [-0.3, -0.25) is 9.59 Å². The van der Waals surface area contributed by atoms with Gasteiger partial charge in [0.2, 0.25) is 18.6 Å². The predicted octanol–water partition coefficient (Wildman–Crippen LogP) is 3.41. The Morgan fingerprint density at radius 1 is 1.08 bits per heavy atom. The fourth-order valence-electron chi connectivity index (χ4n) is 2.95. The molecule has 0 unspecified atom stereocenters. The first-order valence-electron chi connectivity index (χ1n) is 8.49. The first kappa shape index (κ1) is 17.8. The molecule has 0 saturated heterocycles. The molecule has 1 aliphatic heterocycles. The van der Waals surface area contributed by atoms with E-state index in [0.717, 1.165) is 16.8 Å². The van der Waals surface area contributed by atoms with Gasteiger partial charge in [-0.15, -0.1) is 0 Å². The van der Waals surface area contributed by atoms with Crippen LogP contribution in [-0.2, 0) is 9.59 Å². The van der Waals surface area contributed by atoms with Crippen LogP contribution in [0.3, 0.4) is 0 Å². The molecule has 26 heavy (non-hydrogen) atoms. The molecule has 2 aromatic rings. The van der Waals surface area contributed by atoms with E-state index in [1.807, 2.05) is 32.0 Å². The lowest BCUT2D eigenvalue weighted by molar-refractivity contribution is -0.117. The molecule has 136 valence electrons. The summed E-state index contributed by atoms with van der Waals surface area (Å²) in [5.74, 6) is 0.997. The van der Waals surface area contributed by atoms with Crippen molar-refractivity contribution in [1.29, 1.82) is 0 Å². The summed E-state index contributed by atoms with van der Waals surface area (Å²) in [4.78, 5) is 26.0. The van der Waals surface area contributed by atoms with Crippen LogP contribution in [0.1, 0.15) is 24.5 Å². The first-order chi connectivity index (χ1) is 12.5. The number of hydrogen-bond donors (Lipinski definition) is 1. The zero-order valence-corrected chi connectivity index (χ0v) is 15.2. The zero-order chi connectivity index (χ0) is 18.7. The van der Waals surface area contributed by atoms with Gasteiger partial charge in [-0.1, -0.05) is 18.2 Å². The number of aryl methyl sites for hydroxylation is 2. The molecule has 0 fully saturated rings. The lowest BCUT2D eigenvalue weighted by atomic mass is 10.1. The molecule has 3 rings (SSSR count). The number of nitrogens with one attached hydrogen (secondary N) is 1. The van der Waals surface area contributed by atoms with Gasteiger partial charge in [0.05, 0.1) is 0 Å². The van der Waals surface area contributed by atoms with Gasteiger partial charge >= 0.3 is 0 Å². The van der Waals surface area contributed by atoms with Crippen LogP contribution in [0, 0.1) is 13.8 Å². The van der Waals surface area contributed by atoms with Crippen LogP contribution in [0.25, 0.3) is 0 Å². The highest BCUT2D eigenvalue weighted by Gasteiger charge is 2.19. The van der Waals surface area contributed by atoms with Crippen LogP contribution >= 0.6 is 0 Å². The van der Waals surface area contributed by atoms with Gasteiger partial charge in [-0.2, -0.15) is 0 Å². The third-order valence-corrected chi connectivity index (χ3v) is 4.36. The molecule has 1 heterocycles. The fourth-order valence-corrected chi connectivity index (χ4v) is 2.95. The summed E-state index contributed by atoms with van der Waals surface area (Å²) in [5, 5.41) is 2.94. The molecule has 2 amide bonds. The molecule has 1 N–H and O–H groups in total. The summed E-state index contributed by atoms with van der Waals surface area (Å²) < 4.78 is 10.7. The van der Waals surface area contributed by atoms with Crippen LogP contribution in [0.15, 0.2) is 36.4 Å². The summed E-state index contributed by atoms with van der Waals surface area (Å²) in [6.45, 7) is 5.85. The molecule has 0 radical (unpaired) electrons. The van der Waals surface area contributed by atoms with E-state index in [9.17, 15) is 9.59 Å². The standard InChI is InChI=1S/C20H22N2O4/c1-13-5-4-6-14(2)20(13)21-19(24)9-10-22(15(3)23)16-7-8-17-18(11-16)26-12-25-17/h4-8,11H,9-10,12H2,1-3H3,(H,21,24). The monoisotopic (exact) mass is 354 g/mol. The second kappa shape index (κ2) is 7.47. The van der Waals surface area contributed by atoms with E-state index >= 15 is 0 Å². The number of hydrogen-bond acceptors (Lipinski definition) is 4. The number of para-hydroxylation sites is 1. The first-order valence-corrected chi connectivity index (χ1v) is 8.49. The van der Waals surface area contributed by atoms with Crippen molar-refractivity contribution in [3.63, 3.8) is 0 Å². The maximum atomic E-state index is 12.4. The number of amides is 2. The Morgan fingerprint density at radius 2 is 1.77 bits per heavy atom. The molecule has 6 heteroatoms. The molecule has 1 aliphatic rings. The Morgan fingerprint density at radius 3 is 2.46 bits per heavy atom. The van der Waals surface area contributed by atoms with Gasteiger partial charge in [-0.25, -0.2) is 0 Å². The van der Waals surface area contributed by atoms with E-state index in [4.69, 9.17) is 9.47 Å². The predicted molar refractivity (Wildman–Crippen MR) is 99.8 cm³/mol. The summed E-state index contributed by atoms with van der Waals surface area (Å²) in [7, 11) is 0. The fraction of sp³-hybridized carbons (Fsp3) is 0.300. The molecule has 0 spiro atoms. The van der Waals surface area contributed by atoms with Crippen LogP contribution in [0.2, 0.25) is 0 Å². The molecular weight excluding hydrogens is 332 g/mol. The van der Waals surface area contributed by atoms with Crippen molar-refractivity contribution in [3.05, 3.63) is 47.5 Å². The van der Waals surface area contributed by atoms with Gasteiger partial charge in [0.15, 0.2) is 11.5 Å². The lowest BCUT2D eigenvalue weighted by Crippen LogP contribution is -2.32.